The maximum atomic E-state index is 12.2. The summed E-state index contributed by atoms with van der Waals surface area (Å²) in [5.41, 5.74) is -5.45. The van der Waals surface area contributed by atoms with E-state index in [4.69, 9.17) is 9.84 Å². The van der Waals surface area contributed by atoms with Gasteiger partial charge in [0.1, 0.15) is 0 Å². The second-order valence-electron chi connectivity index (χ2n) is 3.52. The van der Waals surface area contributed by atoms with Crippen LogP contribution >= 0.6 is 0 Å². The third kappa shape index (κ3) is 2.53. The van der Waals surface area contributed by atoms with Crippen LogP contribution < -0.4 is 0 Å². The lowest BCUT2D eigenvalue weighted by molar-refractivity contribution is -0.142. The highest BCUT2D eigenvalue weighted by Crippen LogP contribution is 2.30. The van der Waals surface area contributed by atoms with E-state index in [1.54, 1.807) is 0 Å². The van der Waals surface area contributed by atoms with Gasteiger partial charge in [0.2, 0.25) is 0 Å². The summed E-state index contributed by atoms with van der Waals surface area (Å²) in [6, 6.07) is -1.35. The number of likely N-dealkylation sites (N-methyl/N-ethyl adjacent to an activating group) is 1. The van der Waals surface area contributed by atoms with Crippen molar-refractivity contribution in [1.29, 1.82) is 0 Å². The highest BCUT2D eigenvalue weighted by molar-refractivity contribution is 7.90. The summed E-state index contributed by atoms with van der Waals surface area (Å²) in [7, 11) is -4.84. The van der Waals surface area contributed by atoms with Crippen molar-refractivity contribution in [2.24, 2.45) is 5.92 Å². The summed E-state index contributed by atoms with van der Waals surface area (Å²) in [4.78, 5) is 10.7. The van der Waals surface area contributed by atoms with Crippen molar-refractivity contribution in [3.8, 4) is 0 Å². The molecule has 0 aliphatic carbocycles. The van der Waals surface area contributed by atoms with Crippen LogP contribution in [0.25, 0.3) is 0 Å². The van der Waals surface area contributed by atoms with Gasteiger partial charge in [0.25, 0.3) is 0 Å². The minimum absolute atomic E-state index is 0.0127. The quantitative estimate of drug-likeness (QED) is 0.776. The number of sulfonamides is 1. The molecule has 1 aliphatic rings. The van der Waals surface area contributed by atoms with Crippen LogP contribution in [0.1, 0.15) is 0 Å². The van der Waals surface area contributed by atoms with E-state index in [0.717, 1.165) is 0 Å². The average molecular weight is 277 g/mol. The van der Waals surface area contributed by atoms with Gasteiger partial charge >= 0.3 is 21.5 Å². The highest BCUT2D eigenvalue weighted by atomic mass is 32.2. The number of carbonyl (C=O) groups is 1. The van der Waals surface area contributed by atoms with E-state index in [1.807, 2.05) is 0 Å². The van der Waals surface area contributed by atoms with E-state index in [2.05, 4.69) is 0 Å². The summed E-state index contributed by atoms with van der Waals surface area (Å²) in [5, 5.41) is 8.72. The van der Waals surface area contributed by atoms with Gasteiger partial charge in [0.15, 0.2) is 0 Å². The molecule has 0 amide bonds. The molecular weight excluding hydrogens is 267 g/mol. The maximum absolute atomic E-state index is 12.2. The Hall–Kier alpha value is -0.870. The molecule has 0 radical (unpaired) electrons. The smallest absolute Gasteiger partial charge is 0.481 e. The Morgan fingerprint density at radius 2 is 1.94 bits per heavy atom. The molecule has 1 N–H and O–H groups in total. The van der Waals surface area contributed by atoms with E-state index < -0.39 is 33.5 Å². The standard InChI is InChI=1S/C7H10F3NO5S/c1-11(17(14,15)7(8,9)10)5-3-16-2-4(5)6(12)13/h4-5H,2-3H2,1H3,(H,12,13). The van der Waals surface area contributed by atoms with Crippen molar-refractivity contribution < 1.29 is 36.2 Å². The van der Waals surface area contributed by atoms with Gasteiger partial charge in [0.05, 0.1) is 25.2 Å². The molecule has 1 fully saturated rings. The second-order valence-corrected chi connectivity index (χ2v) is 5.51. The van der Waals surface area contributed by atoms with E-state index >= 15 is 0 Å². The second kappa shape index (κ2) is 4.42. The molecular formula is C7H10F3NO5S. The number of ether oxygens (including phenoxy) is 1. The lowest BCUT2D eigenvalue weighted by atomic mass is 10.1. The Bertz CT molecular complexity index is 406. The predicted octanol–water partition coefficient (Wildman–Crippen LogP) is -0.133. The first-order chi connectivity index (χ1) is 7.59. The van der Waals surface area contributed by atoms with Crippen LogP contribution in [0.5, 0.6) is 0 Å². The maximum Gasteiger partial charge on any atom is 0.511 e. The lowest BCUT2D eigenvalue weighted by Gasteiger charge is -2.26. The van der Waals surface area contributed by atoms with Crippen molar-refractivity contribution in [2.45, 2.75) is 11.6 Å². The van der Waals surface area contributed by atoms with Crippen molar-refractivity contribution >= 4 is 16.0 Å². The van der Waals surface area contributed by atoms with E-state index in [0.29, 0.717) is 7.05 Å². The first-order valence-corrected chi connectivity index (χ1v) is 5.88. The summed E-state index contributed by atoms with van der Waals surface area (Å²) < 4.78 is 63.6. The van der Waals surface area contributed by atoms with Gasteiger partial charge in [-0.25, -0.2) is 8.42 Å². The first kappa shape index (κ1) is 14.2. The SMILES string of the molecule is CN(C1COCC1C(=O)O)S(=O)(=O)C(F)(F)F. The van der Waals surface area contributed by atoms with Gasteiger partial charge in [-0.2, -0.15) is 17.5 Å². The zero-order valence-corrected chi connectivity index (χ0v) is 9.45. The molecule has 2 atom stereocenters. The fourth-order valence-electron chi connectivity index (χ4n) is 1.48. The molecule has 0 aromatic heterocycles. The van der Waals surface area contributed by atoms with Crippen LogP contribution in [-0.2, 0) is 19.6 Å². The Morgan fingerprint density at radius 3 is 2.35 bits per heavy atom. The summed E-state index contributed by atoms with van der Waals surface area (Å²) >= 11 is 0. The minimum atomic E-state index is -5.54. The van der Waals surface area contributed by atoms with Gasteiger partial charge in [-0.05, 0) is 0 Å². The summed E-state index contributed by atoms with van der Waals surface area (Å²) in [6.07, 6.45) is 0. The van der Waals surface area contributed by atoms with Gasteiger partial charge in [-0.1, -0.05) is 0 Å². The number of halogens is 3. The van der Waals surface area contributed by atoms with E-state index in [-0.39, 0.29) is 17.5 Å². The molecule has 0 aromatic carbocycles. The van der Waals surface area contributed by atoms with Crippen molar-refractivity contribution in [3.05, 3.63) is 0 Å². The fourth-order valence-corrected chi connectivity index (χ4v) is 2.37. The van der Waals surface area contributed by atoms with Crippen molar-refractivity contribution in [1.82, 2.24) is 4.31 Å². The first-order valence-electron chi connectivity index (χ1n) is 4.44. The molecule has 0 aromatic rings. The number of hydrogen-bond donors (Lipinski definition) is 1. The molecule has 1 saturated heterocycles. The zero-order chi connectivity index (χ0) is 13.4. The van der Waals surface area contributed by atoms with Crippen LogP contribution in [0.3, 0.4) is 0 Å². The number of carboxylic acids is 1. The number of carboxylic acid groups (broad SMARTS) is 1. The van der Waals surface area contributed by atoms with E-state index in [1.165, 1.54) is 0 Å². The zero-order valence-electron chi connectivity index (χ0n) is 8.64. The fraction of sp³-hybridized carbons (Fsp3) is 0.857. The van der Waals surface area contributed by atoms with Crippen LogP contribution in [-0.4, -0.2) is 55.6 Å². The Kier molecular flexibility index (Phi) is 3.69. The molecule has 1 heterocycles. The monoisotopic (exact) mass is 277 g/mol. The van der Waals surface area contributed by atoms with Crippen LogP contribution in [0, 0.1) is 5.92 Å². The molecule has 6 nitrogen and oxygen atoms in total. The summed E-state index contributed by atoms with van der Waals surface area (Å²) in [6.45, 7) is -0.680. The number of alkyl halides is 3. The Morgan fingerprint density at radius 1 is 1.41 bits per heavy atom. The van der Waals surface area contributed by atoms with Gasteiger partial charge < -0.3 is 9.84 Å². The largest absolute Gasteiger partial charge is 0.511 e. The molecule has 10 heteroatoms. The number of nitrogens with zero attached hydrogens (tertiary/aromatic N) is 1. The van der Waals surface area contributed by atoms with Gasteiger partial charge in [0, 0.05) is 7.05 Å². The van der Waals surface area contributed by atoms with Crippen LogP contribution in [0.2, 0.25) is 0 Å². The predicted molar refractivity (Wildman–Crippen MR) is 48.5 cm³/mol. The molecule has 2 unspecified atom stereocenters. The Labute approximate surface area is 95.0 Å². The summed E-state index contributed by atoms with van der Waals surface area (Å²) in [5.74, 6) is -2.69. The van der Waals surface area contributed by atoms with Gasteiger partial charge in [-0.15, -0.1) is 0 Å². The average Bonchev–Trinajstić information content (AvgIpc) is 2.62. The van der Waals surface area contributed by atoms with Gasteiger partial charge in [-0.3, -0.25) is 4.79 Å². The number of aliphatic carboxylic acids is 1. The van der Waals surface area contributed by atoms with Crippen LogP contribution in [0.15, 0.2) is 0 Å². The molecule has 17 heavy (non-hydrogen) atoms. The van der Waals surface area contributed by atoms with Crippen molar-refractivity contribution in [2.75, 3.05) is 20.3 Å². The molecule has 1 aliphatic heterocycles. The lowest BCUT2D eigenvalue weighted by Crippen LogP contribution is -2.48. The normalized spacial score (nSPS) is 26.4. The molecule has 0 bridgehead atoms. The molecule has 100 valence electrons. The number of hydrogen-bond acceptors (Lipinski definition) is 4. The number of rotatable bonds is 3. The van der Waals surface area contributed by atoms with E-state index in [9.17, 15) is 26.4 Å². The molecule has 0 spiro atoms. The van der Waals surface area contributed by atoms with Crippen LogP contribution in [0.4, 0.5) is 13.2 Å². The minimum Gasteiger partial charge on any atom is -0.481 e. The highest BCUT2D eigenvalue weighted by Gasteiger charge is 2.53. The molecule has 0 saturated carbocycles. The Balaban J connectivity index is 2.98. The van der Waals surface area contributed by atoms with Crippen molar-refractivity contribution in [3.63, 3.8) is 0 Å². The topological polar surface area (TPSA) is 83.9 Å². The third-order valence-electron chi connectivity index (χ3n) is 2.51. The molecule has 1 rings (SSSR count). The third-order valence-corrected chi connectivity index (χ3v) is 4.12.